The lowest BCUT2D eigenvalue weighted by Crippen LogP contribution is -2.39. The van der Waals surface area contributed by atoms with Crippen molar-refractivity contribution < 1.29 is 4.74 Å². The van der Waals surface area contributed by atoms with E-state index in [1.165, 1.54) is 0 Å². The minimum Gasteiger partial charge on any atom is -0.378 e. The second kappa shape index (κ2) is 11.6. The molecule has 0 aliphatic rings. The Morgan fingerprint density at radius 3 is 2.64 bits per heavy atom. The fraction of sp³-hybridized carbons (Fsp3) is 0.786. The maximum atomic E-state index is 5.73. The van der Waals surface area contributed by atoms with Gasteiger partial charge in [-0.25, -0.2) is 0 Å². The molecule has 0 aliphatic heterocycles. The van der Waals surface area contributed by atoms with E-state index in [4.69, 9.17) is 4.74 Å². The summed E-state index contributed by atoms with van der Waals surface area (Å²) in [5, 5.41) is 14.4. The zero-order chi connectivity index (χ0) is 15.7. The van der Waals surface area contributed by atoms with Gasteiger partial charge in [-0.05, 0) is 19.3 Å². The van der Waals surface area contributed by atoms with Crippen LogP contribution in [0, 0.1) is 5.92 Å². The standard InChI is InChI=1S/C14H28N6O.HI/c1-6-21-12(11(2)3)7-8-16-14(15-4)17-9-13-19-18-10-20(13)5;/h10-12H,6-9H2,1-5H3,(H2,15,16,17);1H. The van der Waals surface area contributed by atoms with Gasteiger partial charge in [0.2, 0.25) is 0 Å². The Morgan fingerprint density at radius 1 is 1.41 bits per heavy atom. The van der Waals surface area contributed by atoms with Crippen LogP contribution in [0.3, 0.4) is 0 Å². The molecule has 1 heterocycles. The summed E-state index contributed by atoms with van der Waals surface area (Å²) >= 11 is 0. The second-order valence-electron chi connectivity index (χ2n) is 5.24. The van der Waals surface area contributed by atoms with E-state index in [2.05, 4.69) is 39.7 Å². The number of rotatable bonds is 8. The average Bonchev–Trinajstić information content (AvgIpc) is 2.86. The Balaban J connectivity index is 0.00000441. The van der Waals surface area contributed by atoms with Crippen LogP contribution >= 0.6 is 24.0 Å². The summed E-state index contributed by atoms with van der Waals surface area (Å²) in [6, 6.07) is 0. The molecule has 22 heavy (non-hydrogen) atoms. The number of nitrogens with zero attached hydrogens (tertiary/aromatic N) is 4. The summed E-state index contributed by atoms with van der Waals surface area (Å²) in [6.45, 7) is 8.56. The Labute approximate surface area is 150 Å². The van der Waals surface area contributed by atoms with E-state index in [0.717, 1.165) is 31.4 Å². The van der Waals surface area contributed by atoms with Crippen molar-refractivity contribution in [2.75, 3.05) is 20.2 Å². The van der Waals surface area contributed by atoms with Gasteiger partial charge in [0.05, 0.1) is 12.6 Å². The van der Waals surface area contributed by atoms with Gasteiger partial charge in [-0.15, -0.1) is 34.2 Å². The lowest BCUT2D eigenvalue weighted by atomic mass is 10.0. The molecule has 0 spiro atoms. The normalized spacial score (nSPS) is 12.9. The molecule has 0 aromatic carbocycles. The van der Waals surface area contributed by atoms with Crippen LogP contribution in [0.1, 0.15) is 33.0 Å². The highest BCUT2D eigenvalue weighted by Gasteiger charge is 2.13. The van der Waals surface area contributed by atoms with E-state index in [0.29, 0.717) is 12.5 Å². The van der Waals surface area contributed by atoms with Crippen molar-refractivity contribution in [2.45, 2.75) is 39.8 Å². The third-order valence-electron chi connectivity index (χ3n) is 3.29. The quantitative estimate of drug-likeness (QED) is 0.376. The maximum absolute atomic E-state index is 5.73. The fourth-order valence-electron chi connectivity index (χ4n) is 2.01. The Morgan fingerprint density at radius 2 is 2.14 bits per heavy atom. The molecule has 1 rings (SSSR count). The van der Waals surface area contributed by atoms with Crippen LogP contribution in [0.5, 0.6) is 0 Å². The smallest absolute Gasteiger partial charge is 0.191 e. The number of aliphatic imine (C=N–C) groups is 1. The number of ether oxygens (including phenoxy) is 1. The number of nitrogens with one attached hydrogen (secondary N) is 2. The molecule has 0 radical (unpaired) electrons. The van der Waals surface area contributed by atoms with Crippen molar-refractivity contribution in [3.63, 3.8) is 0 Å². The summed E-state index contributed by atoms with van der Waals surface area (Å²) < 4.78 is 7.61. The number of halogens is 1. The highest BCUT2D eigenvalue weighted by molar-refractivity contribution is 14.0. The average molecular weight is 424 g/mol. The maximum Gasteiger partial charge on any atom is 0.191 e. The van der Waals surface area contributed by atoms with Crippen LogP contribution < -0.4 is 10.6 Å². The SMILES string of the molecule is CCOC(CCNC(=NC)NCc1nncn1C)C(C)C.I. The summed E-state index contributed by atoms with van der Waals surface area (Å²) in [7, 11) is 3.68. The van der Waals surface area contributed by atoms with Gasteiger partial charge >= 0.3 is 0 Å². The highest BCUT2D eigenvalue weighted by Crippen LogP contribution is 2.09. The van der Waals surface area contributed by atoms with Gasteiger partial charge in [-0.3, -0.25) is 4.99 Å². The zero-order valence-electron chi connectivity index (χ0n) is 14.2. The van der Waals surface area contributed by atoms with E-state index in [9.17, 15) is 0 Å². The minimum absolute atomic E-state index is 0. The van der Waals surface area contributed by atoms with Crippen molar-refractivity contribution in [2.24, 2.45) is 18.0 Å². The fourth-order valence-corrected chi connectivity index (χ4v) is 2.01. The molecule has 1 atom stereocenters. The molecule has 0 amide bonds. The third kappa shape index (κ3) is 7.39. The molecule has 0 saturated carbocycles. The number of aryl methyl sites for hydroxylation is 1. The van der Waals surface area contributed by atoms with Crippen molar-refractivity contribution in [1.82, 2.24) is 25.4 Å². The first-order valence-corrected chi connectivity index (χ1v) is 7.47. The Bertz CT molecular complexity index is 435. The Hall–Kier alpha value is -0.900. The molecule has 1 aromatic heterocycles. The molecular weight excluding hydrogens is 395 g/mol. The largest absolute Gasteiger partial charge is 0.378 e. The van der Waals surface area contributed by atoms with Gasteiger partial charge in [-0.2, -0.15) is 0 Å². The third-order valence-corrected chi connectivity index (χ3v) is 3.29. The molecule has 1 unspecified atom stereocenters. The molecular formula is C14H29IN6O. The molecule has 128 valence electrons. The minimum atomic E-state index is 0. The van der Waals surface area contributed by atoms with E-state index in [-0.39, 0.29) is 30.1 Å². The number of guanidine groups is 1. The van der Waals surface area contributed by atoms with Gasteiger partial charge in [0.1, 0.15) is 6.33 Å². The summed E-state index contributed by atoms with van der Waals surface area (Å²) in [4.78, 5) is 4.20. The van der Waals surface area contributed by atoms with Crippen molar-refractivity contribution in [3.05, 3.63) is 12.2 Å². The first-order chi connectivity index (χ1) is 10.1. The van der Waals surface area contributed by atoms with Crippen molar-refractivity contribution >= 4 is 29.9 Å². The van der Waals surface area contributed by atoms with Gasteiger partial charge < -0.3 is 19.9 Å². The zero-order valence-corrected chi connectivity index (χ0v) is 16.5. The van der Waals surface area contributed by atoms with Gasteiger partial charge in [-0.1, -0.05) is 13.8 Å². The van der Waals surface area contributed by atoms with Gasteiger partial charge in [0, 0.05) is 27.2 Å². The van der Waals surface area contributed by atoms with Crippen LogP contribution in [-0.4, -0.2) is 47.0 Å². The molecule has 7 nitrogen and oxygen atoms in total. The predicted molar refractivity (Wildman–Crippen MR) is 99.5 cm³/mol. The monoisotopic (exact) mass is 424 g/mol. The van der Waals surface area contributed by atoms with Gasteiger partial charge in [0.15, 0.2) is 11.8 Å². The van der Waals surface area contributed by atoms with Crippen LogP contribution in [-0.2, 0) is 18.3 Å². The molecule has 0 aliphatic carbocycles. The van der Waals surface area contributed by atoms with E-state index >= 15 is 0 Å². The second-order valence-corrected chi connectivity index (χ2v) is 5.24. The summed E-state index contributed by atoms with van der Waals surface area (Å²) in [6.07, 6.45) is 2.91. The number of hydrogen-bond acceptors (Lipinski definition) is 4. The van der Waals surface area contributed by atoms with Crippen molar-refractivity contribution in [3.8, 4) is 0 Å². The lowest BCUT2D eigenvalue weighted by Gasteiger charge is -2.21. The van der Waals surface area contributed by atoms with Crippen LogP contribution in [0.25, 0.3) is 0 Å². The van der Waals surface area contributed by atoms with E-state index < -0.39 is 0 Å². The number of hydrogen-bond donors (Lipinski definition) is 2. The molecule has 0 fully saturated rings. The molecule has 0 bridgehead atoms. The molecule has 0 saturated heterocycles. The Kier molecular flexibility index (Phi) is 11.2. The summed E-state index contributed by atoms with van der Waals surface area (Å²) in [5.41, 5.74) is 0. The van der Waals surface area contributed by atoms with Crippen LogP contribution in [0.2, 0.25) is 0 Å². The summed E-state index contributed by atoms with van der Waals surface area (Å²) in [5.74, 6) is 2.14. The molecule has 1 aromatic rings. The predicted octanol–water partition coefficient (Wildman–Crippen LogP) is 1.55. The number of aromatic nitrogens is 3. The van der Waals surface area contributed by atoms with E-state index in [1.54, 1.807) is 13.4 Å². The lowest BCUT2D eigenvalue weighted by molar-refractivity contribution is 0.0258. The molecule has 2 N–H and O–H groups in total. The highest BCUT2D eigenvalue weighted by atomic mass is 127. The van der Waals surface area contributed by atoms with Crippen molar-refractivity contribution in [1.29, 1.82) is 0 Å². The topological polar surface area (TPSA) is 76.4 Å². The van der Waals surface area contributed by atoms with Crippen LogP contribution in [0.4, 0.5) is 0 Å². The van der Waals surface area contributed by atoms with Gasteiger partial charge in [0.25, 0.3) is 0 Å². The molecule has 8 heteroatoms. The first-order valence-electron chi connectivity index (χ1n) is 7.47. The van der Waals surface area contributed by atoms with Crippen LogP contribution in [0.15, 0.2) is 11.3 Å². The first kappa shape index (κ1) is 21.1. The van der Waals surface area contributed by atoms with E-state index in [1.807, 2.05) is 18.5 Å².